The van der Waals surface area contributed by atoms with Gasteiger partial charge in [-0.15, -0.1) is 0 Å². The van der Waals surface area contributed by atoms with Crippen LogP contribution in [0.4, 0.5) is 4.39 Å². The maximum atomic E-state index is 12.7. The molecule has 1 aromatic rings. The van der Waals surface area contributed by atoms with Gasteiger partial charge in [0, 0.05) is 6.54 Å². The van der Waals surface area contributed by atoms with Crippen LogP contribution in [0.25, 0.3) is 0 Å². The summed E-state index contributed by atoms with van der Waals surface area (Å²) >= 11 is 0. The van der Waals surface area contributed by atoms with Crippen LogP contribution in [0, 0.1) is 11.7 Å². The summed E-state index contributed by atoms with van der Waals surface area (Å²) in [4.78, 5) is 0. The second kappa shape index (κ2) is 7.60. The molecule has 3 nitrogen and oxygen atoms in total. The van der Waals surface area contributed by atoms with Crippen molar-refractivity contribution in [2.24, 2.45) is 5.92 Å². The van der Waals surface area contributed by atoms with Gasteiger partial charge in [-0.2, -0.15) is 0 Å². The number of rotatable bonds is 8. The zero-order valence-corrected chi connectivity index (χ0v) is 12.3. The maximum Gasteiger partial charge on any atom is 0.215 e. The molecule has 0 bridgehead atoms. The van der Waals surface area contributed by atoms with Gasteiger partial charge in [-0.1, -0.05) is 38.8 Å². The first-order chi connectivity index (χ1) is 8.89. The minimum atomic E-state index is -3.32. The van der Waals surface area contributed by atoms with Crippen LogP contribution < -0.4 is 4.72 Å². The minimum Gasteiger partial charge on any atom is -0.215 e. The van der Waals surface area contributed by atoms with Crippen LogP contribution >= 0.6 is 0 Å². The molecule has 0 aliphatic heterocycles. The van der Waals surface area contributed by atoms with E-state index in [2.05, 4.69) is 18.6 Å². The fourth-order valence-corrected chi connectivity index (χ4v) is 2.95. The van der Waals surface area contributed by atoms with Gasteiger partial charge >= 0.3 is 0 Å². The Hall–Kier alpha value is -0.940. The highest BCUT2D eigenvalue weighted by Gasteiger charge is 2.10. The summed E-state index contributed by atoms with van der Waals surface area (Å²) in [6.07, 6.45) is 2.98. The summed E-state index contributed by atoms with van der Waals surface area (Å²) in [5.41, 5.74) is 0.594. The van der Waals surface area contributed by atoms with Gasteiger partial charge in [-0.25, -0.2) is 17.5 Å². The largest absolute Gasteiger partial charge is 0.215 e. The summed E-state index contributed by atoms with van der Waals surface area (Å²) < 4.78 is 38.8. The Morgan fingerprint density at radius 1 is 1.16 bits per heavy atom. The third-order valence-corrected chi connectivity index (χ3v) is 4.16. The summed E-state index contributed by atoms with van der Waals surface area (Å²) in [7, 11) is -3.32. The minimum absolute atomic E-state index is 0.0997. The maximum absolute atomic E-state index is 12.7. The Bertz CT molecular complexity index is 469. The first kappa shape index (κ1) is 16.1. The Labute approximate surface area is 115 Å². The molecule has 1 N–H and O–H groups in total. The molecular formula is C14H22FNO2S. The van der Waals surface area contributed by atoms with Gasteiger partial charge in [0.05, 0.1) is 5.75 Å². The molecule has 108 valence electrons. The molecule has 0 amide bonds. The van der Waals surface area contributed by atoms with E-state index in [0.29, 0.717) is 18.0 Å². The van der Waals surface area contributed by atoms with Crippen LogP contribution in [0.15, 0.2) is 24.3 Å². The average Bonchev–Trinajstić information content (AvgIpc) is 2.31. The van der Waals surface area contributed by atoms with Crippen molar-refractivity contribution < 1.29 is 12.8 Å². The predicted octanol–water partition coefficient (Wildman–Crippen LogP) is 3.07. The fraction of sp³-hybridized carbons (Fsp3) is 0.571. The highest BCUT2D eigenvalue weighted by molar-refractivity contribution is 7.88. The van der Waals surface area contributed by atoms with Gasteiger partial charge in [-0.05, 0) is 30.0 Å². The Morgan fingerprint density at radius 2 is 1.79 bits per heavy atom. The summed E-state index contributed by atoms with van der Waals surface area (Å²) in [5, 5.41) is 0. The Kier molecular flexibility index (Phi) is 6.45. The van der Waals surface area contributed by atoms with Crippen molar-refractivity contribution in [3.05, 3.63) is 35.6 Å². The highest BCUT2D eigenvalue weighted by atomic mass is 32.2. The monoisotopic (exact) mass is 287 g/mol. The topological polar surface area (TPSA) is 46.2 Å². The summed E-state index contributed by atoms with van der Waals surface area (Å²) in [6, 6.07) is 5.53. The molecule has 0 radical (unpaired) electrons. The number of halogens is 1. The lowest BCUT2D eigenvalue weighted by molar-refractivity contribution is 0.530. The molecule has 0 atom stereocenters. The molecule has 0 saturated heterocycles. The van der Waals surface area contributed by atoms with Gasteiger partial charge in [0.25, 0.3) is 0 Å². The smallest absolute Gasteiger partial charge is 0.215 e. The van der Waals surface area contributed by atoms with Crippen LogP contribution in [0.5, 0.6) is 0 Å². The molecule has 0 unspecified atom stereocenters. The molecule has 1 rings (SSSR count). The summed E-state index contributed by atoms with van der Waals surface area (Å²) in [6.45, 7) is 4.77. The molecule has 0 spiro atoms. The SMILES string of the molecule is CC(C)CCCCNS(=O)(=O)Cc1ccc(F)cc1. The van der Waals surface area contributed by atoms with Crippen molar-refractivity contribution in [2.75, 3.05) is 6.54 Å². The molecule has 0 aliphatic carbocycles. The number of hydrogen-bond acceptors (Lipinski definition) is 2. The number of benzene rings is 1. The van der Waals surface area contributed by atoms with E-state index >= 15 is 0 Å². The standard InChI is InChI=1S/C14H22FNO2S/c1-12(2)5-3-4-10-16-19(17,18)11-13-6-8-14(15)9-7-13/h6-9,12,16H,3-5,10-11H2,1-2H3. The van der Waals surface area contributed by atoms with Crippen molar-refractivity contribution >= 4 is 10.0 Å². The number of nitrogens with one attached hydrogen (secondary N) is 1. The van der Waals surface area contributed by atoms with Crippen LogP contribution in [-0.4, -0.2) is 15.0 Å². The molecule has 0 heterocycles. The summed E-state index contributed by atoms with van der Waals surface area (Å²) in [5.74, 6) is 0.191. The van der Waals surface area contributed by atoms with Crippen molar-refractivity contribution in [1.29, 1.82) is 0 Å². The molecule has 19 heavy (non-hydrogen) atoms. The first-order valence-corrected chi connectivity index (χ1v) is 8.26. The van der Waals surface area contributed by atoms with Crippen molar-refractivity contribution in [1.82, 2.24) is 4.72 Å². The van der Waals surface area contributed by atoms with E-state index in [0.717, 1.165) is 19.3 Å². The van der Waals surface area contributed by atoms with Crippen molar-refractivity contribution in [3.8, 4) is 0 Å². The van der Waals surface area contributed by atoms with Crippen molar-refractivity contribution in [2.45, 2.75) is 38.9 Å². The second-order valence-corrected chi connectivity index (χ2v) is 6.98. The van der Waals surface area contributed by atoms with E-state index in [1.165, 1.54) is 24.3 Å². The van der Waals surface area contributed by atoms with E-state index in [9.17, 15) is 12.8 Å². The number of unbranched alkanes of at least 4 members (excludes halogenated alkanes) is 1. The zero-order chi connectivity index (χ0) is 14.3. The molecule has 5 heteroatoms. The van der Waals surface area contributed by atoms with Gasteiger partial charge in [-0.3, -0.25) is 0 Å². The van der Waals surface area contributed by atoms with E-state index in [1.807, 2.05) is 0 Å². The van der Waals surface area contributed by atoms with E-state index in [1.54, 1.807) is 0 Å². The second-order valence-electron chi connectivity index (χ2n) is 5.17. The van der Waals surface area contributed by atoms with Gasteiger partial charge in [0.15, 0.2) is 0 Å². The number of hydrogen-bond donors (Lipinski definition) is 1. The Balaban J connectivity index is 2.34. The zero-order valence-electron chi connectivity index (χ0n) is 11.5. The molecule has 0 aliphatic rings. The van der Waals surface area contributed by atoms with Crippen LogP contribution in [0.1, 0.15) is 38.7 Å². The molecule has 0 saturated carbocycles. The van der Waals surface area contributed by atoms with Crippen LogP contribution in [0.3, 0.4) is 0 Å². The van der Waals surface area contributed by atoms with Crippen LogP contribution in [-0.2, 0) is 15.8 Å². The lowest BCUT2D eigenvalue weighted by atomic mass is 10.1. The molecule has 1 aromatic carbocycles. The Morgan fingerprint density at radius 3 is 2.37 bits per heavy atom. The highest BCUT2D eigenvalue weighted by Crippen LogP contribution is 2.08. The van der Waals surface area contributed by atoms with E-state index in [-0.39, 0.29) is 11.6 Å². The average molecular weight is 287 g/mol. The van der Waals surface area contributed by atoms with E-state index < -0.39 is 10.0 Å². The third-order valence-electron chi connectivity index (χ3n) is 2.80. The molecule has 0 fully saturated rings. The van der Waals surface area contributed by atoms with Crippen molar-refractivity contribution in [3.63, 3.8) is 0 Å². The normalized spacial score (nSPS) is 12.0. The van der Waals surface area contributed by atoms with Gasteiger partial charge < -0.3 is 0 Å². The number of sulfonamides is 1. The predicted molar refractivity (Wildman–Crippen MR) is 75.7 cm³/mol. The third kappa shape index (κ3) is 7.28. The first-order valence-electron chi connectivity index (χ1n) is 6.61. The fourth-order valence-electron chi connectivity index (χ4n) is 1.76. The lowest BCUT2D eigenvalue weighted by Crippen LogP contribution is -2.26. The van der Waals surface area contributed by atoms with Gasteiger partial charge in [0.1, 0.15) is 5.82 Å². The molecule has 0 aromatic heterocycles. The lowest BCUT2D eigenvalue weighted by Gasteiger charge is -2.07. The van der Waals surface area contributed by atoms with E-state index in [4.69, 9.17) is 0 Å². The quantitative estimate of drug-likeness (QED) is 0.747. The molecular weight excluding hydrogens is 265 g/mol. The van der Waals surface area contributed by atoms with Crippen LogP contribution in [0.2, 0.25) is 0 Å². The van der Waals surface area contributed by atoms with Gasteiger partial charge in [0.2, 0.25) is 10.0 Å².